The standard InChI is InChI=1S/C18H16O2/c19-17-8-6-15-7-9-18(13-16(15)12-17)20-11-10-14-4-2-1-3-5-14/h1-9,12-13,19H,10-11H2. The van der Waals surface area contributed by atoms with Crippen LogP contribution >= 0.6 is 0 Å². The Kier molecular flexibility index (Phi) is 3.55. The summed E-state index contributed by atoms with van der Waals surface area (Å²) in [6, 6.07) is 21.6. The van der Waals surface area contributed by atoms with Gasteiger partial charge < -0.3 is 9.84 Å². The second kappa shape index (κ2) is 5.66. The molecule has 3 aromatic carbocycles. The van der Waals surface area contributed by atoms with E-state index < -0.39 is 0 Å². The smallest absolute Gasteiger partial charge is 0.119 e. The monoisotopic (exact) mass is 264 g/mol. The number of benzene rings is 3. The molecule has 0 aliphatic rings. The van der Waals surface area contributed by atoms with Crippen LogP contribution in [0.1, 0.15) is 5.56 Å². The van der Waals surface area contributed by atoms with Crippen LogP contribution < -0.4 is 4.74 Å². The maximum absolute atomic E-state index is 9.51. The number of rotatable bonds is 4. The molecule has 100 valence electrons. The molecule has 0 spiro atoms. The van der Waals surface area contributed by atoms with E-state index in [4.69, 9.17) is 4.74 Å². The fourth-order valence-corrected chi connectivity index (χ4v) is 2.23. The summed E-state index contributed by atoms with van der Waals surface area (Å²) < 4.78 is 5.78. The average molecular weight is 264 g/mol. The first-order valence-electron chi connectivity index (χ1n) is 6.71. The van der Waals surface area contributed by atoms with Gasteiger partial charge in [-0.1, -0.05) is 42.5 Å². The molecule has 0 bridgehead atoms. The minimum Gasteiger partial charge on any atom is -0.508 e. The van der Waals surface area contributed by atoms with Crippen molar-refractivity contribution in [3.05, 3.63) is 72.3 Å². The largest absolute Gasteiger partial charge is 0.508 e. The highest BCUT2D eigenvalue weighted by Crippen LogP contribution is 2.24. The number of fused-ring (bicyclic) bond motifs is 1. The van der Waals surface area contributed by atoms with E-state index in [1.165, 1.54) is 5.56 Å². The van der Waals surface area contributed by atoms with E-state index in [1.807, 2.05) is 42.5 Å². The van der Waals surface area contributed by atoms with Crippen LogP contribution in [-0.2, 0) is 6.42 Å². The second-order valence-corrected chi connectivity index (χ2v) is 4.78. The van der Waals surface area contributed by atoms with E-state index in [0.717, 1.165) is 22.9 Å². The summed E-state index contributed by atoms with van der Waals surface area (Å²) in [6.45, 7) is 0.647. The van der Waals surface area contributed by atoms with Gasteiger partial charge in [0.25, 0.3) is 0 Å². The third-order valence-corrected chi connectivity index (χ3v) is 3.30. The summed E-state index contributed by atoms with van der Waals surface area (Å²) in [5.74, 6) is 1.11. The zero-order valence-electron chi connectivity index (χ0n) is 11.1. The Balaban J connectivity index is 1.68. The second-order valence-electron chi connectivity index (χ2n) is 4.78. The van der Waals surface area contributed by atoms with Crippen molar-refractivity contribution < 1.29 is 9.84 Å². The van der Waals surface area contributed by atoms with Gasteiger partial charge in [0.15, 0.2) is 0 Å². The molecule has 3 rings (SSSR count). The Labute approximate surface area is 118 Å². The summed E-state index contributed by atoms with van der Waals surface area (Å²) in [4.78, 5) is 0. The fraction of sp³-hybridized carbons (Fsp3) is 0.111. The lowest BCUT2D eigenvalue weighted by molar-refractivity contribution is 0.322. The van der Waals surface area contributed by atoms with Crippen LogP contribution in [0.3, 0.4) is 0 Å². The van der Waals surface area contributed by atoms with Gasteiger partial charge in [0.05, 0.1) is 6.61 Å². The lowest BCUT2D eigenvalue weighted by Crippen LogP contribution is -2.00. The Morgan fingerprint density at radius 1 is 0.800 bits per heavy atom. The summed E-state index contributed by atoms with van der Waals surface area (Å²) >= 11 is 0. The van der Waals surface area contributed by atoms with Crippen molar-refractivity contribution in [3.63, 3.8) is 0 Å². The minimum atomic E-state index is 0.277. The number of hydrogen-bond acceptors (Lipinski definition) is 2. The van der Waals surface area contributed by atoms with E-state index in [9.17, 15) is 5.11 Å². The number of hydrogen-bond donors (Lipinski definition) is 1. The molecular formula is C18H16O2. The molecule has 0 saturated carbocycles. The Morgan fingerprint density at radius 2 is 1.60 bits per heavy atom. The molecule has 2 heteroatoms. The number of ether oxygens (including phenoxy) is 1. The molecular weight excluding hydrogens is 248 g/mol. The van der Waals surface area contributed by atoms with E-state index in [1.54, 1.807) is 12.1 Å². The quantitative estimate of drug-likeness (QED) is 0.766. The van der Waals surface area contributed by atoms with Crippen molar-refractivity contribution in [1.29, 1.82) is 0 Å². The highest BCUT2D eigenvalue weighted by Gasteiger charge is 1.99. The number of phenols is 1. The number of phenolic OH excluding ortho intramolecular Hbond substituents is 1. The highest BCUT2D eigenvalue weighted by atomic mass is 16.5. The van der Waals surface area contributed by atoms with Crippen molar-refractivity contribution in [3.8, 4) is 11.5 Å². The third kappa shape index (κ3) is 2.91. The first kappa shape index (κ1) is 12.5. The molecule has 2 nitrogen and oxygen atoms in total. The van der Waals surface area contributed by atoms with Crippen LogP contribution in [0.15, 0.2) is 66.7 Å². The van der Waals surface area contributed by atoms with Crippen molar-refractivity contribution in [2.45, 2.75) is 6.42 Å². The zero-order valence-corrected chi connectivity index (χ0v) is 11.1. The molecule has 0 heterocycles. The van der Waals surface area contributed by atoms with Gasteiger partial charge in [0.1, 0.15) is 11.5 Å². The maximum atomic E-state index is 9.51. The minimum absolute atomic E-state index is 0.277. The van der Waals surface area contributed by atoms with Crippen molar-refractivity contribution in [2.75, 3.05) is 6.61 Å². The van der Waals surface area contributed by atoms with Gasteiger partial charge in [-0.2, -0.15) is 0 Å². The van der Waals surface area contributed by atoms with Gasteiger partial charge in [-0.3, -0.25) is 0 Å². The van der Waals surface area contributed by atoms with Crippen LogP contribution in [0.5, 0.6) is 11.5 Å². The van der Waals surface area contributed by atoms with Crippen LogP contribution in [-0.4, -0.2) is 11.7 Å². The lowest BCUT2D eigenvalue weighted by Gasteiger charge is -2.07. The fourth-order valence-electron chi connectivity index (χ4n) is 2.23. The molecule has 20 heavy (non-hydrogen) atoms. The van der Waals surface area contributed by atoms with Gasteiger partial charge in [-0.25, -0.2) is 0 Å². The van der Waals surface area contributed by atoms with Crippen LogP contribution in [0.2, 0.25) is 0 Å². The van der Waals surface area contributed by atoms with Crippen molar-refractivity contribution in [2.24, 2.45) is 0 Å². The van der Waals surface area contributed by atoms with E-state index >= 15 is 0 Å². The van der Waals surface area contributed by atoms with Gasteiger partial charge >= 0.3 is 0 Å². The molecule has 0 aromatic heterocycles. The molecule has 0 aliphatic heterocycles. The predicted molar refractivity (Wildman–Crippen MR) is 81.3 cm³/mol. The molecule has 0 aliphatic carbocycles. The summed E-state index contributed by atoms with van der Waals surface area (Å²) in [6.07, 6.45) is 0.888. The highest BCUT2D eigenvalue weighted by molar-refractivity contribution is 5.85. The first-order valence-corrected chi connectivity index (χ1v) is 6.71. The third-order valence-electron chi connectivity index (χ3n) is 3.30. The molecule has 0 unspecified atom stereocenters. The average Bonchev–Trinajstić information content (AvgIpc) is 2.48. The van der Waals surface area contributed by atoms with Gasteiger partial charge in [-0.15, -0.1) is 0 Å². The van der Waals surface area contributed by atoms with E-state index in [-0.39, 0.29) is 5.75 Å². The van der Waals surface area contributed by atoms with Crippen molar-refractivity contribution >= 4 is 10.8 Å². The van der Waals surface area contributed by atoms with Gasteiger partial charge in [-0.05, 0) is 40.6 Å². The van der Waals surface area contributed by atoms with E-state index in [0.29, 0.717) is 6.61 Å². The lowest BCUT2D eigenvalue weighted by atomic mass is 10.1. The Morgan fingerprint density at radius 3 is 2.45 bits per heavy atom. The molecule has 3 aromatic rings. The maximum Gasteiger partial charge on any atom is 0.119 e. The molecule has 0 atom stereocenters. The van der Waals surface area contributed by atoms with Crippen LogP contribution in [0.25, 0.3) is 10.8 Å². The van der Waals surface area contributed by atoms with E-state index in [2.05, 4.69) is 12.1 Å². The van der Waals surface area contributed by atoms with Crippen LogP contribution in [0, 0.1) is 0 Å². The Hall–Kier alpha value is -2.48. The van der Waals surface area contributed by atoms with Gasteiger partial charge in [0, 0.05) is 6.42 Å². The van der Waals surface area contributed by atoms with Crippen LogP contribution in [0.4, 0.5) is 0 Å². The van der Waals surface area contributed by atoms with Crippen molar-refractivity contribution in [1.82, 2.24) is 0 Å². The topological polar surface area (TPSA) is 29.5 Å². The normalized spacial score (nSPS) is 10.6. The first-order chi connectivity index (χ1) is 9.81. The zero-order chi connectivity index (χ0) is 13.8. The summed E-state index contributed by atoms with van der Waals surface area (Å²) in [5.41, 5.74) is 1.27. The summed E-state index contributed by atoms with van der Waals surface area (Å²) in [7, 11) is 0. The molecule has 0 saturated heterocycles. The SMILES string of the molecule is Oc1ccc2ccc(OCCc3ccccc3)cc2c1. The molecule has 0 fully saturated rings. The molecule has 0 amide bonds. The van der Waals surface area contributed by atoms with Gasteiger partial charge in [0.2, 0.25) is 0 Å². The molecule has 1 N–H and O–H groups in total. The number of aromatic hydroxyl groups is 1. The predicted octanol–water partition coefficient (Wildman–Crippen LogP) is 4.17. The Bertz CT molecular complexity index is 705. The summed E-state index contributed by atoms with van der Waals surface area (Å²) in [5, 5.41) is 11.6. The molecule has 0 radical (unpaired) electrons.